The molecule has 0 radical (unpaired) electrons. The molecule has 17 heavy (non-hydrogen) atoms. The molecule has 0 bridgehead atoms. The zero-order valence-electron chi connectivity index (χ0n) is 10.2. The highest BCUT2D eigenvalue weighted by Gasteiger charge is 2.00. The highest BCUT2D eigenvalue weighted by atomic mass is 35.5. The summed E-state index contributed by atoms with van der Waals surface area (Å²) in [4.78, 5) is 11.5. The van der Waals surface area contributed by atoms with Crippen molar-refractivity contribution in [2.75, 3.05) is 32.1 Å². The molecule has 0 unspecified atom stereocenters. The summed E-state index contributed by atoms with van der Waals surface area (Å²) in [5, 5.41) is 5.80. The van der Waals surface area contributed by atoms with Gasteiger partial charge >= 0.3 is 0 Å². The Hall–Kier alpha value is -1.10. The highest BCUT2D eigenvalue weighted by Crippen LogP contribution is 2.08. The lowest BCUT2D eigenvalue weighted by molar-refractivity contribution is -0.115. The summed E-state index contributed by atoms with van der Waals surface area (Å²) < 4.78 is 4.86. The van der Waals surface area contributed by atoms with Crippen LogP contribution >= 0.6 is 12.4 Å². The monoisotopic (exact) mass is 258 g/mol. The molecule has 0 saturated carbocycles. The van der Waals surface area contributed by atoms with Crippen molar-refractivity contribution in [3.63, 3.8) is 0 Å². The fourth-order valence-corrected chi connectivity index (χ4v) is 1.30. The number of methoxy groups -OCH3 is 1. The maximum absolute atomic E-state index is 11.5. The van der Waals surface area contributed by atoms with Gasteiger partial charge in [0, 0.05) is 19.3 Å². The molecule has 1 rings (SSSR count). The van der Waals surface area contributed by atoms with Gasteiger partial charge in [0.2, 0.25) is 5.91 Å². The predicted octanol–water partition coefficient (Wildman–Crippen LogP) is 1.59. The van der Waals surface area contributed by atoms with Gasteiger partial charge in [0.1, 0.15) is 0 Å². The van der Waals surface area contributed by atoms with E-state index in [2.05, 4.69) is 10.6 Å². The standard InChI is InChI=1S/C12H18N2O2.ClH/c1-10-4-3-5-11(8-10)14-12(15)9-13-6-7-16-2;/h3-5,8,13H,6-7,9H2,1-2H3,(H,14,15);1H. The van der Waals surface area contributed by atoms with Crippen molar-refractivity contribution in [3.05, 3.63) is 29.8 Å². The third-order valence-corrected chi connectivity index (χ3v) is 2.07. The van der Waals surface area contributed by atoms with Crippen molar-refractivity contribution >= 4 is 24.0 Å². The van der Waals surface area contributed by atoms with E-state index in [0.29, 0.717) is 19.7 Å². The zero-order chi connectivity index (χ0) is 11.8. The van der Waals surface area contributed by atoms with Crippen LogP contribution in [0, 0.1) is 6.92 Å². The van der Waals surface area contributed by atoms with Crippen LogP contribution in [0.1, 0.15) is 5.56 Å². The SMILES string of the molecule is COCCNCC(=O)Nc1cccc(C)c1.Cl. The number of aryl methyl sites for hydroxylation is 1. The van der Waals surface area contributed by atoms with Gasteiger partial charge in [-0.1, -0.05) is 12.1 Å². The first-order valence-corrected chi connectivity index (χ1v) is 5.28. The topological polar surface area (TPSA) is 50.4 Å². The minimum absolute atomic E-state index is 0. The molecule has 0 aliphatic heterocycles. The molecular formula is C12H19ClN2O2. The second-order valence-electron chi connectivity index (χ2n) is 3.59. The third-order valence-electron chi connectivity index (χ3n) is 2.07. The average Bonchev–Trinajstić information content (AvgIpc) is 2.24. The molecule has 0 aromatic heterocycles. The largest absolute Gasteiger partial charge is 0.383 e. The van der Waals surface area contributed by atoms with E-state index in [4.69, 9.17) is 4.74 Å². The lowest BCUT2D eigenvalue weighted by Crippen LogP contribution is -2.30. The maximum Gasteiger partial charge on any atom is 0.238 e. The number of nitrogens with one attached hydrogen (secondary N) is 2. The molecular weight excluding hydrogens is 240 g/mol. The van der Waals surface area contributed by atoms with E-state index in [1.807, 2.05) is 31.2 Å². The summed E-state index contributed by atoms with van der Waals surface area (Å²) in [6.07, 6.45) is 0. The molecule has 1 aromatic carbocycles. The van der Waals surface area contributed by atoms with Gasteiger partial charge in [-0.15, -0.1) is 12.4 Å². The van der Waals surface area contributed by atoms with E-state index in [0.717, 1.165) is 11.3 Å². The molecule has 0 atom stereocenters. The van der Waals surface area contributed by atoms with Crippen LogP contribution in [0.2, 0.25) is 0 Å². The van der Waals surface area contributed by atoms with Gasteiger partial charge in [-0.3, -0.25) is 4.79 Å². The molecule has 96 valence electrons. The summed E-state index contributed by atoms with van der Waals surface area (Å²) in [6.45, 7) is 3.58. The van der Waals surface area contributed by atoms with E-state index >= 15 is 0 Å². The Balaban J connectivity index is 0.00000256. The number of carbonyl (C=O) groups is 1. The van der Waals surface area contributed by atoms with Gasteiger partial charge in [-0.2, -0.15) is 0 Å². The number of rotatable bonds is 6. The highest BCUT2D eigenvalue weighted by molar-refractivity contribution is 5.92. The summed E-state index contributed by atoms with van der Waals surface area (Å²) in [5.41, 5.74) is 1.96. The van der Waals surface area contributed by atoms with Gasteiger partial charge in [-0.25, -0.2) is 0 Å². The Morgan fingerprint density at radius 3 is 2.82 bits per heavy atom. The van der Waals surface area contributed by atoms with E-state index < -0.39 is 0 Å². The van der Waals surface area contributed by atoms with E-state index in [-0.39, 0.29) is 18.3 Å². The van der Waals surface area contributed by atoms with E-state index in [1.54, 1.807) is 7.11 Å². The maximum atomic E-state index is 11.5. The molecule has 0 heterocycles. The number of ether oxygens (including phenoxy) is 1. The fraction of sp³-hybridized carbons (Fsp3) is 0.417. The van der Waals surface area contributed by atoms with E-state index in [1.165, 1.54) is 0 Å². The van der Waals surface area contributed by atoms with Gasteiger partial charge in [-0.05, 0) is 24.6 Å². The van der Waals surface area contributed by atoms with Crippen LogP contribution in [0.3, 0.4) is 0 Å². The lowest BCUT2D eigenvalue weighted by atomic mass is 10.2. The molecule has 0 spiro atoms. The summed E-state index contributed by atoms with van der Waals surface area (Å²) in [7, 11) is 1.63. The van der Waals surface area contributed by atoms with Crippen LogP contribution in [0.15, 0.2) is 24.3 Å². The number of benzene rings is 1. The van der Waals surface area contributed by atoms with Gasteiger partial charge in [0.15, 0.2) is 0 Å². The number of hydrogen-bond acceptors (Lipinski definition) is 3. The minimum atomic E-state index is -0.0401. The van der Waals surface area contributed by atoms with Crippen molar-refractivity contribution in [1.29, 1.82) is 0 Å². The molecule has 1 amide bonds. The average molecular weight is 259 g/mol. The summed E-state index contributed by atoms with van der Waals surface area (Å²) in [6, 6.07) is 7.73. The van der Waals surface area contributed by atoms with Crippen molar-refractivity contribution < 1.29 is 9.53 Å². The molecule has 4 nitrogen and oxygen atoms in total. The first kappa shape index (κ1) is 15.9. The molecule has 0 saturated heterocycles. The first-order chi connectivity index (χ1) is 7.72. The smallest absolute Gasteiger partial charge is 0.238 e. The molecule has 0 fully saturated rings. The van der Waals surface area contributed by atoms with Gasteiger partial charge < -0.3 is 15.4 Å². The van der Waals surface area contributed by atoms with Crippen molar-refractivity contribution in [2.45, 2.75) is 6.92 Å². The Bertz CT molecular complexity index is 345. The third kappa shape index (κ3) is 6.94. The number of hydrogen-bond donors (Lipinski definition) is 2. The molecule has 0 aliphatic rings. The van der Waals surface area contributed by atoms with Crippen LogP contribution in [-0.2, 0) is 9.53 Å². The quantitative estimate of drug-likeness (QED) is 0.762. The van der Waals surface area contributed by atoms with Crippen LogP contribution in [0.5, 0.6) is 0 Å². The lowest BCUT2D eigenvalue weighted by Gasteiger charge is -2.06. The Morgan fingerprint density at radius 2 is 2.18 bits per heavy atom. The normalized spacial score (nSPS) is 9.53. The first-order valence-electron chi connectivity index (χ1n) is 5.28. The number of anilines is 1. The summed E-state index contributed by atoms with van der Waals surface area (Å²) >= 11 is 0. The van der Waals surface area contributed by atoms with Crippen LogP contribution in [0.4, 0.5) is 5.69 Å². The van der Waals surface area contributed by atoms with Crippen LogP contribution < -0.4 is 10.6 Å². The molecule has 5 heteroatoms. The van der Waals surface area contributed by atoms with Crippen molar-refractivity contribution in [3.8, 4) is 0 Å². The predicted molar refractivity (Wildman–Crippen MR) is 71.8 cm³/mol. The molecule has 2 N–H and O–H groups in total. The summed E-state index contributed by atoms with van der Waals surface area (Å²) in [5.74, 6) is -0.0401. The van der Waals surface area contributed by atoms with Crippen molar-refractivity contribution in [1.82, 2.24) is 5.32 Å². The van der Waals surface area contributed by atoms with Crippen LogP contribution in [0.25, 0.3) is 0 Å². The minimum Gasteiger partial charge on any atom is -0.383 e. The van der Waals surface area contributed by atoms with Gasteiger partial charge in [0.05, 0.1) is 13.2 Å². The molecule has 0 aliphatic carbocycles. The second kappa shape index (κ2) is 8.98. The number of halogens is 1. The molecule has 1 aromatic rings. The number of carbonyl (C=O) groups excluding carboxylic acids is 1. The van der Waals surface area contributed by atoms with E-state index in [9.17, 15) is 4.79 Å². The Morgan fingerprint density at radius 1 is 1.41 bits per heavy atom. The zero-order valence-corrected chi connectivity index (χ0v) is 11.0. The van der Waals surface area contributed by atoms with Crippen LogP contribution in [-0.4, -0.2) is 32.7 Å². The second-order valence-corrected chi connectivity index (χ2v) is 3.59. The Kier molecular flexibility index (Phi) is 8.40. The van der Waals surface area contributed by atoms with Crippen molar-refractivity contribution in [2.24, 2.45) is 0 Å². The Labute approximate surface area is 108 Å². The fourth-order valence-electron chi connectivity index (χ4n) is 1.30. The van der Waals surface area contributed by atoms with Gasteiger partial charge in [0.25, 0.3) is 0 Å². The number of amides is 1.